The van der Waals surface area contributed by atoms with Gasteiger partial charge in [-0.2, -0.15) is 0 Å². The minimum absolute atomic E-state index is 0.189. The number of piperidine rings is 1. The van der Waals surface area contributed by atoms with E-state index in [-0.39, 0.29) is 11.9 Å². The molecule has 1 aliphatic heterocycles. The van der Waals surface area contributed by atoms with Gasteiger partial charge in [-0.1, -0.05) is 30.3 Å². The van der Waals surface area contributed by atoms with Crippen LogP contribution in [0, 0.1) is 5.92 Å². The first-order valence-electron chi connectivity index (χ1n) is 9.48. The van der Waals surface area contributed by atoms with Gasteiger partial charge in [0.15, 0.2) is 6.10 Å². The van der Waals surface area contributed by atoms with E-state index in [0.29, 0.717) is 12.5 Å². The van der Waals surface area contributed by atoms with Crippen molar-refractivity contribution < 1.29 is 9.53 Å². The highest BCUT2D eigenvalue weighted by Gasteiger charge is 2.30. The van der Waals surface area contributed by atoms with Crippen LogP contribution in [0.4, 0.5) is 5.95 Å². The molecule has 2 atom stereocenters. The summed E-state index contributed by atoms with van der Waals surface area (Å²) in [4.78, 5) is 27.8. The Bertz CT molecular complexity index is 851. The quantitative estimate of drug-likeness (QED) is 0.638. The fraction of sp³-hybridized carbons (Fsp3) is 0.273. The average molecular weight is 374 g/mol. The Labute approximate surface area is 164 Å². The Morgan fingerprint density at radius 3 is 2.43 bits per heavy atom. The number of carbonyl (C=O) groups is 1. The van der Waals surface area contributed by atoms with Gasteiger partial charge in [0.1, 0.15) is 0 Å². The van der Waals surface area contributed by atoms with Crippen LogP contribution < -0.4 is 4.90 Å². The van der Waals surface area contributed by atoms with Crippen LogP contribution in [0.3, 0.4) is 0 Å². The van der Waals surface area contributed by atoms with Crippen molar-refractivity contribution >= 4 is 11.9 Å². The predicted molar refractivity (Wildman–Crippen MR) is 106 cm³/mol. The van der Waals surface area contributed by atoms with E-state index in [9.17, 15) is 4.79 Å². The molecule has 1 aromatic carbocycles. The lowest BCUT2D eigenvalue weighted by atomic mass is 9.97. The van der Waals surface area contributed by atoms with E-state index >= 15 is 0 Å². The van der Waals surface area contributed by atoms with E-state index in [4.69, 9.17) is 4.74 Å². The number of nitrogens with zero attached hydrogens (tertiary/aromatic N) is 4. The summed E-state index contributed by atoms with van der Waals surface area (Å²) in [5, 5.41) is 0. The van der Waals surface area contributed by atoms with Gasteiger partial charge in [0.25, 0.3) is 0 Å². The molecule has 1 fully saturated rings. The fourth-order valence-corrected chi connectivity index (χ4v) is 3.51. The zero-order chi connectivity index (χ0) is 19.2. The highest BCUT2D eigenvalue weighted by Crippen LogP contribution is 2.29. The number of hydrogen-bond acceptors (Lipinski definition) is 6. The molecular weight excluding hydrogens is 352 g/mol. The van der Waals surface area contributed by atoms with Crippen molar-refractivity contribution in [1.29, 1.82) is 0 Å². The van der Waals surface area contributed by atoms with Gasteiger partial charge in [-0.3, -0.25) is 9.78 Å². The van der Waals surface area contributed by atoms with Gasteiger partial charge < -0.3 is 9.64 Å². The fourth-order valence-electron chi connectivity index (χ4n) is 3.51. The molecule has 0 aliphatic carbocycles. The van der Waals surface area contributed by atoms with E-state index in [1.165, 1.54) is 0 Å². The first kappa shape index (κ1) is 18.1. The first-order chi connectivity index (χ1) is 13.8. The molecule has 6 heteroatoms. The Morgan fingerprint density at radius 1 is 0.964 bits per heavy atom. The largest absolute Gasteiger partial charge is 0.452 e. The maximum Gasteiger partial charge on any atom is 0.311 e. The van der Waals surface area contributed by atoms with Gasteiger partial charge in [0, 0.05) is 43.4 Å². The first-order valence-corrected chi connectivity index (χ1v) is 9.48. The van der Waals surface area contributed by atoms with E-state index in [1.807, 2.05) is 42.5 Å². The third-order valence-electron chi connectivity index (χ3n) is 4.93. The van der Waals surface area contributed by atoms with Crippen molar-refractivity contribution in [3.8, 4) is 0 Å². The molecule has 4 rings (SSSR count). The molecule has 3 aromatic rings. The lowest BCUT2D eigenvalue weighted by molar-refractivity contribution is -0.152. The van der Waals surface area contributed by atoms with Gasteiger partial charge in [-0.25, -0.2) is 9.97 Å². The van der Waals surface area contributed by atoms with E-state index < -0.39 is 6.10 Å². The molecule has 28 heavy (non-hydrogen) atoms. The van der Waals surface area contributed by atoms with E-state index in [0.717, 1.165) is 30.5 Å². The summed E-state index contributed by atoms with van der Waals surface area (Å²) in [6.45, 7) is 1.42. The number of esters is 1. The van der Waals surface area contributed by atoms with Crippen molar-refractivity contribution in [3.05, 3.63) is 84.4 Å². The Hall–Kier alpha value is -3.28. The standard InChI is InChI=1S/C22H22N4O2/c27-21(19-8-4-15-26(16-19)22-24-11-5-12-25-22)28-20(17-6-2-1-3-7-17)18-9-13-23-14-10-18/h1-3,5-7,9-14,19-20H,4,8,15-16H2/t19-,20+/m1/s1. The average Bonchev–Trinajstić information content (AvgIpc) is 2.79. The molecule has 3 heterocycles. The molecule has 0 unspecified atom stereocenters. The van der Waals surface area contributed by atoms with Gasteiger partial charge in [0.2, 0.25) is 5.95 Å². The Kier molecular flexibility index (Phi) is 5.56. The van der Waals surface area contributed by atoms with Crippen molar-refractivity contribution in [1.82, 2.24) is 15.0 Å². The number of anilines is 1. The monoisotopic (exact) mass is 374 g/mol. The second-order valence-electron chi connectivity index (χ2n) is 6.84. The van der Waals surface area contributed by atoms with Crippen molar-refractivity contribution in [3.63, 3.8) is 0 Å². The van der Waals surface area contributed by atoms with Crippen molar-refractivity contribution in [2.24, 2.45) is 5.92 Å². The van der Waals surface area contributed by atoms with Gasteiger partial charge in [-0.05, 0) is 36.6 Å². The van der Waals surface area contributed by atoms with Gasteiger partial charge in [0.05, 0.1) is 5.92 Å². The SMILES string of the molecule is O=C(O[C@@H](c1ccccc1)c1ccncc1)[C@@H]1CCCN(c2ncccn2)C1. The molecule has 1 saturated heterocycles. The number of rotatable bonds is 5. The third kappa shape index (κ3) is 4.17. The molecule has 0 bridgehead atoms. The lowest BCUT2D eigenvalue weighted by Crippen LogP contribution is -2.40. The van der Waals surface area contributed by atoms with Crippen LogP contribution in [-0.2, 0) is 9.53 Å². The van der Waals surface area contributed by atoms with Crippen LogP contribution in [0.1, 0.15) is 30.1 Å². The molecular formula is C22H22N4O2. The highest BCUT2D eigenvalue weighted by atomic mass is 16.5. The topological polar surface area (TPSA) is 68.2 Å². The van der Waals surface area contributed by atoms with Crippen LogP contribution in [0.25, 0.3) is 0 Å². The predicted octanol–water partition coefficient (Wildman–Crippen LogP) is 3.42. The number of benzene rings is 1. The maximum absolute atomic E-state index is 13.0. The van der Waals surface area contributed by atoms with Crippen LogP contribution in [-0.4, -0.2) is 34.0 Å². The van der Waals surface area contributed by atoms with Crippen molar-refractivity contribution in [2.75, 3.05) is 18.0 Å². The molecule has 2 aromatic heterocycles. The summed E-state index contributed by atoms with van der Waals surface area (Å²) in [5.41, 5.74) is 1.86. The molecule has 1 aliphatic rings. The second-order valence-corrected chi connectivity index (χ2v) is 6.84. The Balaban J connectivity index is 1.51. The summed E-state index contributed by atoms with van der Waals surface area (Å²) >= 11 is 0. The van der Waals surface area contributed by atoms with Crippen LogP contribution >= 0.6 is 0 Å². The summed E-state index contributed by atoms with van der Waals surface area (Å²) in [6.07, 6.45) is 8.14. The number of hydrogen-bond donors (Lipinski definition) is 0. The van der Waals surface area contributed by atoms with Crippen LogP contribution in [0.15, 0.2) is 73.3 Å². The number of pyridine rings is 1. The lowest BCUT2D eigenvalue weighted by Gasteiger charge is -2.32. The number of aromatic nitrogens is 3. The van der Waals surface area contributed by atoms with Gasteiger partial charge in [-0.15, -0.1) is 0 Å². The van der Waals surface area contributed by atoms with E-state index in [1.54, 1.807) is 30.9 Å². The normalized spacial score (nSPS) is 17.7. The van der Waals surface area contributed by atoms with Crippen LogP contribution in [0.2, 0.25) is 0 Å². The zero-order valence-corrected chi connectivity index (χ0v) is 15.5. The molecule has 0 N–H and O–H groups in total. The minimum Gasteiger partial charge on any atom is -0.452 e. The smallest absolute Gasteiger partial charge is 0.311 e. The molecule has 0 radical (unpaired) electrons. The number of carbonyl (C=O) groups excluding carboxylic acids is 1. The van der Waals surface area contributed by atoms with E-state index in [2.05, 4.69) is 19.9 Å². The molecule has 142 valence electrons. The van der Waals surface area contributed by atoms with Crippen LogP contribution in [0.5, 0.6) is 0 Å². The second kappa shape index (κ2) is 8.61. The zero-order valence-electron chi connectivity index (χ0n) is 15.5. The van der Waals surface area contributed by atoms with Crippen molar-refractivity contribution in [2.45, 2.75) is 18.9 Å². The molecule has 0 spiro atoms. The highest BCUT2D eigenvalue weighted by molar-refractivity contribution is 5.74. The molecule has 0 saturated carbocycles. The summed E-state index contributed by atoms with van der Waals surface area (Å²) < 4.78 is 6.01. The van der Waals surface area contributed by atoms with Gasteiger partial charge >= 0.3 is 5.97 Å². The summed E-state index contributed by atoms with van der Waals surface area (Å²) in [7, 11) is 0. The Morgan fingerprint density at radius 2 is 1.68 bits per heavy atom. The minimum atomic E-state index is -0.444. The maximum atomic E-state index is 13.0. The molecule has 6 nitrogen and oxygen atoms in total. The molecule has 0 amide bonds. The summed E-state index contributed by atoms with van der Waals surface area (Å²) in [5.74, 6) is 0.269. The number of ether oxygens (including phenoxy) is 1. The third-order valence-corrected chi connectivity index (χ3v) is 4.93. The summed E-state index contributed by atoms with van der Waals surface area (Å²) in [6, 6.07) is 15.4.